The van der Waals surface area contributed by atoms with E-state index in [-0.39, 0.29) is 5.91 Å². The number of hydrogen-bond donors (Lipinski definition) is 1. The van der Waals surface area contributed by atoms with Gasteiger partial charge in [0.05, 0.1) is 10.6 Å². The quantitative estimate of drug-likeness (QED) is 0.328. The largest absolute Gasteiger partial charge is 0.436 e. The molecule has 0 aliphatic heterocycles. The van der Waals surface area contributed by atoms with Crippen LogP contribution in [0.15, 0.2) is 74.0 Å². The zero-order chi connectivity index (χ0) is 19.0. The van der Waals surface area contributed by atoms with Crippen LogP contribution < -0.4 is 5.32 Å². The Morgan fingerprint density at radius 3 is 2.59 bits per heavy atom. The van der Waals surface area contributed by atoms with Crippen LogP contribution >= 0.6 is 43.5 Å². The summed E-state index contributed by atoms with van der Waals surface area (Å²) in [5, 5.41) is 3.41. The van der Waals surface area contributed by atoms with Gasteiger partial charge in [0.1, 0.15) is 5.52 Å². The predicted octanol–water partition coefficient (Wildman–Crippen LogP) is 6.93. The van der Waals surface area contributed by atoms with Gasteiger partial charge in [-0.05, 0) is 80.4 Å². The number of fused-ring (bicyclic) bond motifs is 1. The van der Waals surface area contributed by atoms with Gasteiger partial charge in [0.25, 0.3) is 5.91 Å². The van der Waals surface area contributed by atoms with Gasteiger partial charge in [-0.15, -0.1) is 0 Å². The van der Waals surface area contributed by atoms with Crippen molar-refractivity contribution in [3.8, 4) is 11.5 Å². The fourth-order valence-corrected chi connectivity index (χ4v) is 3.55. The lowest BCUT2D eigenvalue weighted by Crippen LogP contribution is -2.11. The molecule has 0 fully saturated rings. The molecule has 0 radical (unpaired) electrons. The van der Waals surface area contributed by atoms with Crippen LogP contribution in [0, 0.1) is 0 Å². The molecule has 0 aliphatic rings. The van der Waals surface area contributed by atoms with Crippen molar-refractivity contribution in [1.29, 1.82) is 0 Å². The van der Waals surface area contributed by atoms with Gasteiger partial charge in [0, 0.05) is 20.2 Å². The van der Waals surface area contributed by atoms with Crippen molar-refractivity contribution in [3.05, 3.63) is 80.2 Å². The Morgan fingerprint density at radius 1 is 1.00 bits per heavy atom. The SMILES string of the molecule is O=C(Nc1ccc2oc(-c3ccccc3Br)nc2c1)c1ccc(Cl)c(Br)c1. The summed E-state index contributed by atoms with van der Waals surface area (Å²) in [6.07, 6.45) is 0. The van der Waals surface area contributed by atoms with E-state index in [2.05, 4.69) is 42.2 Å². The Hall–Kier alpha value is -2.15. The van der Waals surface area contributed by atoms with Gasteiger partial charge in [0.15, 0.2) is 5.58 Å². The number of hydrogen-bond acceptors (Lipinski definition) is 3. The Balaban J connectivity index is 1.62. The maximum absolute atomic E-state index is 12.5. The van der Waals surface area contributed by atoms with Gasteiger partial charge in [-0.1, -0.05) is 23.7 Å². The van der Waals surface area contributed by atoms with Crippen molar-refractivity contribution in [2.45, 2.75) is 0 Å². The van der Waals surface area contributed by atoms with Crippen LogP contribution in [0.25, 0.3) is 22.6 Å². The molecule has 1 amide bonds. The van der Waals surface area contributed by atoms with Crippen LogP contribution in [0.5, 0.6) is 0 Å². The molecule has 0 aliphatic carbocycles. The van der Waals surface area contributed by atoms with E-state index >= 15 is 0 Å². The van der Waals surface area contributed by atoms with E-state index in [0.29, 0.717) is 37.7 Å². The zero-order valence-corrected chi connectivity index (χ0v) is 17.6. The Morgan fingerprint density at radius 2 is 1.81 bits per heavy atom. The van der Waals surface area contributed by atoms with Crippen LogP contribution in [0.4, 0.5) is 5.69 Å². The molecule has 4 rings (SSSR count). The fourth-order valence-electron chi connectivity index (χ4n) is 2.60. The molecule has 4 nitrogen and oxygen atoms in total. The first kappa shape index (κ1) is 18.2. The molecule has 27 heavy (non-hydrogen) atoms. The van der Waals surface area contributed by atoms with Crippen LogP contribution in [0.1, 0.15) is 10.4 Å². The average molecular weight is 507 g/mol. The highest BCUT2D eigenvalue weighted by atomic mass is 79.9. The van der Waals surface area contributed by atoms with Gasteiger partial charge in [-0.2, -0.15) is 0 Å². The second kappa shape index (κ2) is 7.46. The summed E-state index contributed by atoms with van der Waals surface area (Å²) >= 11 is 12.8. The van der Waals surface area contributed by atoms with E-state index in [1.807, 2.05) is 24.3 Å². The van der Waals surface area contributed by atoms with Crippen molar-refractivity contribution in [2.75, 3.05) is 5.32 Å². The van der Waals surface area contributed by atoms with E-state index < -0.39 is 0 Å². The lowest BCUT2D eigenvalue weighted by atomic mass is 10.2. The lowest BCUT2D eigenvalue weighted by molar-refractivity contribution is 0.102. The number of rotatable bonds is 3. The van der Waals surface area contributed by atoms with E-state index in [9.17, 15) is 4.79 Å². The number of halogens is 3. The molecule has 7 heteroatoms. The summed E-state index contributed by atoms with van der Waals surface area (Å²) in [5.74, 6) is 0.281. The van der Waals surface area contributed by atoms with E-state index in [4.69, 9.17) is 16.0 Å². The Kier molecular flexibility index (Phi) is 5.04. The molecule has 0 atom stereocenters. The molecule has 0 unspecified atom stereocenters. The minimum Gasteiger partial charge on any atom is -0.436 e. The van der Waals surface area contributed by atoms with Crippen molar-refractivity contribution < 1.29 is 9.21 Å². The molecule has 134 valence electrons. The highest BCUT2D eigenvalue weighted by Crippen LogP contribution is 2.31. The normalized spacial score (nSPS) is 10.9. The molecule has 1 heterocycles. The van der Waals surface area contributed by atoms with Gasteiger partial charge >= 0.3 is 0 Å². The lowest BCUT2D eigenvalue weighted by Gasteiger charge is -2.06. The van der Waals surface area contributed by atoms with E-state index in [1.165, 1.54) is 0 Å². The molecule has 3 aromatic carbocycles. The number of carbonyl (C=O) groups is 1. The number of benzene rings is 3. The zero-order valence-electron chi connectivity index (χ0n) is 13.7. The van der Waals surface area contributed by atoms with Gasteiger partial charge in [-0.3, -0.25) is 4.79 Å². The van der Waals surface area contributed by atoms with Crippen LogP contribution in [-0.2, 0) is 0 Å². The maximum Gasteiger partial charge on any atom is 0.255 e. The second-order valence-corrected chi connectivity index (χ2v) is 7.88. The number of amides is 1. The van der Waals surface area contributed by atoms with E-state index in [1.54, 1.807) is 36.4 Å². The molecular formula is C20H11Br2ClN2O2. The Bertz CT molecular complexity index is 1170. The minimum atomic E-state index is -0.235. The molecule has 0 spiro atoms. The number of carbonyl (C=O) groups excluding carboxylic acids is 1. The second-order valence-electron chi connectivity index (χ2n) is 5.76. The number of anilines is 1. The van der Waals surface area contributed by atoms with Crippen molar-refractivity contribution in [1.82, 2.24) is 4.98 Å². The Labute approximate surface area is 176 Å². The predicted molar refractivity (Wildman–Crippen MR) is 114 cm³/mol. The van der Waals surface area contributed by atoms with Gasteiger partial charge in [-0.25, -0.2) is 4.98 Å². The summed E-state index contributed by atoms with van der Waals surface area (Å²) in [6.45, 7) is 0. The number of nitrogens with one attached hydrogen (secondary N) is 1. The maximum atomic E-state index is 12.5. The van der Waals surface area contributed by atoms with E-state index in [0.717, 1.165) is 10.0 Å². The van der Waals surface area contributed by atoms with Crippen molar-refractivity contribution in [3.63, 3.8) is 0 Å². The third kappa shape index (κ3) is 3.78. The highest BCUT2D eigenvalue weighted by molar-refractivity contribution is 9.11. The van der Waals surface area contributed by atoms with Gasteiger partial charge in [0.2, 0.25) is 5.89 Å². The number of aromatic nitrogens is 1. The third-order valence-electron chi connectivity index (χ3n) is 3.93. The molecule has 0 bridgehead atoms. The third-order valence-corrected chi connectivity index (χ3v) is 5.84. The van der Waals surface area contributed by atoms with Crippen molar-refractivity contribution >= 4 is 66.2 Å². The number of oxazole rings is 1. The van der Waals surface area contributed by atoms with Gasteiger partial charge < -0.3 is 9.73 Å². The standard InChI is InChI=1S/C20H11Br2ClN2O2/c21-14-4-2-1-3-13(14)20-25-17-10-12(6-8-18(17)27-20)24-19(26)11-5-7-16(23)15(22)9-11/h1-10H,(H,24,26). The van der Waals surface area contributed by atoms with Crippen molar-refractivity contribution in [2.24, 2.45) is 0 Å². The molecule has 1 aromatic heterocycles. The molecule has 4 aromatic rings. The first-order valence-corrected chi connectivity index (χ1v) is 9.89. The monoisotopic (exact) mass is 504 g/mol. The molecule has 0 saturated carbocycles. The molecule has 1 N–H and O–H groups in total. The first-order valence-electron chi connectivity index (χ1n) is 7.93. The van der Waals surface area contributed by atoms with Crippen LogP contribution in [0.3, 0.4) is 0 Å². The van der Waals surface area contributed by atoms with Crippen LogP contribution in [-0.4, -0.2) is 10.9 Å². The number of nitrogens with zero attached hydrogens (tertiary/aromatic N) is 1. The molecular weight excluding hydrogens is 495 g/mol. The first-order chi connectivity index (χ1) is 13.0. The average Bonchev–Trinajstić information content (AvgIpc) is 3.07. The summed E-state index contributed by atoms with van der Waals surface area (Å²) < 4.78 is 7.40. The summed E-state index contributed by atoms with van der Waals surface area (Å²) in [7, 11) is 0. The summed E-state index contributed by atoms with van der Waals surface area (Å²) in [4.78, 5) is 17.0. The summed E-state index contributed by atoms with van der Waals surface area (Å²) in [5.41, 5.74) is 3.31. The topological polar surface area (TPSA) is 55.1 Å². The van der Waals surface area contributed by atoms with Crippen LogP contribution in [0.2, 0.25) is 5.02 Å². The molecule has 0 saturated heterocycles. The smallest absolute Gasteiger partial charge is 0.255 e. The highest BCUT2D eigenvalue weighted by Gasteiger charge is 2.13. The minimum absolute atomic E-state index is 0.235. The fraction of sp³-hybridized carbons (Fsp3) is 0. The summed E-state index contributed by atoms with van der Waals surface area (Å²) in [6, 6.07) is 18.1.